The van der Waals surface area contributed by atoms with Gasteiger partial charge in [-0.05, 0) is 13.1 Å². The lowest BCUT2D eigenvalue weighted by molar-refractivity contribution is -0.0197. The van der Waals surface area contributed by atoms with Crippen LogP contribution in [0, 0.1) is 0 Å². The Morgan fingerprint density at radius 2 is 2.59 bits per heavy atom. The molecule has 17 heavy (non-hydrogen) atoms. The fraction of sp³-hybridized carbons (Fsp3) is 0.545. The Morgan fingerprint density at radius 1 is 1.76 bits per heavy atom. The predicted molar refractivity (Wildman–Crippen MR) is 65.4 cm³/mol. The molecule has 1 fully saturated rings. The maximum atomic E-state index is 12.1. The highest BCUT2D eigenvalue weighted by Gasteiger charge is 2.25. The minimum atomic E-state index is -0.0266. The number of amides is 1. The lowest BCUT2D eigenvalue weighted by Crippen LogP contribution is -2.48. The van der Waals surface area contributed by atoms with Gasteiger partial charge in [-0.3, -0.25) is 4.79 Å². The number of aromatic nitrogens is 1. The third kappa shape index (κ3) is 3.00. The summed E-state index contributed by atoms with van der Waals surface area (Å²) < 4.78 is 5.55. The Hall–Kier alpha value is -1.04. The molecule has 2 rings (SSSR count). The van der Waals surface area contributed by atoms with Crippen molar-refractivity contribution in [2.24, 2.45) is 0 Å². The van der Waals surface area contributed by atoms with E-state index >= 15 is 0 Å². The first-order chi connectivity index (χ1) is 8.20. The molecule has 0 aliphatic carbocycles. The highest BCUT2D eigenvalue weighted by Crippen LogP contribution is 2.13. The Labute approximate surface area is 105 Å². The third-order valence-corrected chi connectivity index (χ3v) is 2.95. The van der Waals surface area contributed by atoms with Gasteiger partial charge in [-0.25, -0.2) is 0 Å². The Morgan fingerprint density at radius 3 is 3.24 bits per heavy atom. The van der Waals surface area contributed by atoms with Crippen molar-refractivity contribution in [3.05, 3.63) is 23.0 Å². The van der Waals surface area contributed by atoms with Gasteiger partial charge >= 0.3 is 0 Å². The summed E-state index contributed by atoms with van der Waals surface area (Å²) in [5, 5.41) is 3.60. The van der Waals surface area contributed by atoms with Gasteiger partial charge in [0.25, 0.3) is 5.91 Å². The van der Waals surface area contributed by atoms with E-state index < -0.39 is 0 Å². The summed E-state index contributed by atoms with van der Waals surface area (Å²) in [6.07, 6.45) is 1.67. The summed E-state index contributed by atoms with van der Waals surface area (Å²) >= 11 is 5.79. The van der Waals surface area contributed by atoms with Gasteiger partial charge in [-0.15, -0.1) is 0 Å². The number of hydrogen-bond donors (Lipinski definition) is 2. The Kier molecular flexibility index (Phi) is 4.04. The number of nitrogens with one attached hydrogen (secondary N) is 2. The topological polar surface area (TPSA) is 57.4 Å². The zero-order valence-electron chi connectivity index (χ0n) is 9.70. The zero-order valence-corrected chi connectivity index (χ0v) is 10.5. The molecule has 5 nitrogen and oxygen atoms in total. The molecule has 1 amide bonds. The number of carbonyl (C=O) groups excluding carboxylic acids is 1. The van der Waals surface area contributed by atoms with Gasteiger partial charge in [-0.1, -0.05) is 11.6 Å². The maximum absolute atomic E-state index is 12.1. The van der Waals surface area contributed by atoms with Crippen LogP contribution in [0.1, 0.15) is 10.5 Å². The molecule has 1 aliphatic heterocycles. The van der Waals surface area contributed by atoms with Crippen LogP contribution < -0.4 is 5.32 Å². The molecule has 0 spiro atoms. The summed E-state index contributed by atoms with van der Waals surface area (Å²) in [6, 6.07) is 1.65. The maximum Gasteiger partial charge on any atom is 0.270 e. The molecule has 6 heteroatoms. The van der Waals surface area contributed by atoms with Gasteiger partial charge in [0.05, 0.1) is 17.7 Å². The number of H-pyrrole nitrogens is 1. The number of likely N-dealkylation sites (N-methyl/N-ethyl adjacent to an activating group) is 1. The van der Waals surface area contributed by atoms with Gasteiger partial charge in [0.15, 0.2) is 0 Å². The smallest absolute Gasteiger partial charge is 0.270 e. The van der Waals surface area contributed by atoms with Crippen molar-refractivity contribution >= 4 is 17.5 Å². The van der Waals surface area contributed by atoms with E-state index in [1.807, 2.05) is 7.05 Å². The van der Waals surface area contributed by atoms with Crippen molar-refractivity contribution < 1.29 is 9.53 Å². The lowest BCUT2D eigenvalue weighted by Gasteiger charge is -2.32. The molecule has 1 aromatic heterocycles. The van der Waals surface area contributed by atoms with Gasteiger partial charge in [0, 0.05) is 25.8 Å². The van der Waals surface area contributed by atoms with Gasteiger partial charge in [-0.2, -0.15) is 0 Å². The van der Waals surface area contributed by atoms with Gasteiger partial charge in [0.1, 0.15) is 5.69 Å². The summed E-state index contributed by atoms with van der Waals surface area (Å²) in [6.45, 7) is 2.55. The fourth-order valence-electron chi connectivity index (χ4n) is 1.92. The molecule has 2 N–H and O–H groups in total. The summed E-state index contributed by atoms with van der Waals surface area (Å²) in [5.41, 5.74) is 0.528. The normalized spacial score (nSPS) is 20.6. The first kappa shape index (κ1) is 12.4. The first-order valence-corrected chi connectivity index (χ1v) is 5.98. The standard InChI is InChI=1S/C11H16ClN3O2/c1-13-6-9-7-15(2-3-17-9)11(16)10-4-8(12)5-14-10/h4-5,9,13-14H,2-3,6-7H2,1H3. The number of carbonyl (C=O) groups is 1. The average molecular weight is 258 g/mol. The third-order valence-electron chi connectivity index (χ3n) is 2.74. The molecule has 1 unspecified atom stereocenters. The van der Waals surface area contributed by atoms with Crippen molar-refractivity contribution in [3.63, 3.8) is 0 Å². The van der Waals surface area contributed by atoms with E-state index in [0.29, 0.717) is 30.4 Å². The molecule has 0 bridgehead atoms. The van der Waals surface area contributed by atoms with E-state index in [2.05, 4.69) is 10.3 Å². The highest BCUT2D eigenvalue weighted by atomic mass is 35.5. The van der Waals surface area contributed by atoms with Crippen molar-refractivity contribution in [3.8, 4) is 0 Å². The number of hydrogen-bond acceptors (Lipinski definition) is 3. The van der Waals surface area contributed by atoms with Crippen LogP contribution in [0.25, 0.3) is 0 Å². The highest BCUT2D eigenvalue weighted by molar-refractivity contribution is 6.30. The molecule has 1 aliphatic rings. The van der Waals surface area contributed by atoms with Crippen LogP contribution in [0.4, 0.5) is 0 Å². The van der Waals surface area contributed by atoms with Crippen LogP contribution in [0.3, 0.4) is 0 Å². The molecule has 1 atom stereocenters. The number of rotatable bonds is 3. The monoisotopic (exact) mass is 257 g/mol. The van der Waals surface area contributed by atoms with E-state index in [1.54, 1.807) is 17.2 Å². The van der Waals surface area contributed by atoms with Crippen molar-refractivity contribution in [1.82, 2.24) is 15.2 Å². The quantitative estimate of drug-likeness (QED) is 0.839. The number of aromatic amines is 1. The molecular weight excluding hydrogens is 242 g/mol. The van der Waals surface area contributed by atoms with Crippen LogP contribution in [0.2, 0.25) is 5.02 Å². The van der Waals surface area contributed by atoms with Gasteiger partial charge < -0.3 is 19.9 Å². The minimum absolute atomic E-state index is 0.0266. The second-order valence-corrected chi connectivity index (χ2v) is 4.47. The minimum Gasteiger partial charge on any atom is -0.373 e. The van der Waals surface area contributed by atoms with Crippen LogP contribution in [0.5, 0.6) is 0 Å². The molecule has 1 saturated heterocycles. The summed E-state index contributed by atoms with van der Waals surface area (Å²) in [7, 11) is 1.87. The van der Waals surface area contributed by atoms with Crippen LogP contribution in [-0.2, 0) is 4.74 Å². The van der Waals surface area contributed by atoms with Crippen LogP contribution in [-0.4, -0.2) is 55.2 Å². The fourth-order valence-corrected chi connectivity index (χ4v) is 2.08. The molecule has 0 radical (unpaired) electrons. The molecule has 0 saturated carbocycles. The number of nitrogens with zero attached hydrogens (tertiary/aromatic N) is 1. The Balaban J connectivity index is 1.99. The number of morpholine rings is 1. The van der Waals surface area contributed by atoms with Crippen LogP contribution in [0.15, 0.2) is 12.3 Å². The number of ether oxygens (including phenoxy) is 1. The van der Waals surface area contributed by atoms with Crippen LogP contribution >= 0.6 is 11.6 Å². The van der Waals surface area contributed by atoms with E-state index in [4.69, 9.17) is 16.3 Å². The summed E-state index contributed by atoms with van der Waals surface area (Å²) in [5.74, 6) is -0.0266. The molecule has 1 aromatic rings. The second kappa shape index (κ2) is 5.53. The molecule has 94 valence electrons. The first-order valence-electron chi connectivity index (χ1n) is 5.60. The predicted octanol–water partition coefficient (Wildman–Crippen LogP) is 0.728. The largest absolute Gasteiger partial charge is 0.373 e. The average Bonchev–Trinajstić information content (AvgIpc) is 2.76. The molecular formula is C11H16ClN3O2. The van der Waals surface area contributed by atoms with Crippen molar-refractivity contribution in [2.75, 3.05) is 33.3 Å². The Bertz CT molecular complexity index is 392. The number of halogens is 1. The van der Waals surface area contributed by atoms with Crippen molar-refractivity contribution in [2.45, 2.75) is 6.10 Å². The van der Waals surface area contributed by atoms with E-state index in [1.165, 1.54) is 0 Å². The molecule has 0 aromatic carbocycles. The van der Waals surface area contributed by atoms with E-state index in [-0.39, 0.29) is 12.0 Å². The second-order valence-electron chi connectivity index (χ2n) is 4.03. The SMILES string of the molecule is CNCC1CN(C(=O)c2cc(Cl)c[nH]2)CCO1. The van der Waals surface area contributed by atoms with Crippen molar-refractivity contribution in [1.29, 1.82) is 0 Å². The zero-order chi connectivity index (χ0) is 12.3. The van der Waals surface area contributed by atoms with E-state index in [0.717, 1.165) is 6.54 Å². The van der Waals surface area contributed by atoms with E-state index in [9.17, 15) is 4.79 Å². The summed E-state index contributed by atoms with van der Waals surface area (Å²) in [4.78, 5) is 16.8. The lowest BCUT2D eigenvalue weighted by atomic mass is 10.2. The molecule has 2 heterocycles. The van der Waals surface area contributed by atoms with Gasteiger partial charge in [0.2, 0.25) is 0 Å².